The third-order valence-electron chi connectivity index (χ3n) is 4.31. The van der Waals surface area contributed by atoms with Crippen molar-refractivity contribution >= 4 is 17.6 Å². The quantitative estimate of drug-likeness (QED) is 0.858. The summed E-state index contributed by atoms with van der Waals surface area (Å²) in [5.74, 6) is -1.17. The Labute approximate surface area is 144 Å². The highest BCUT2D eigenvalue weighted by atomic mass is 19.1. The number of ether oxygens (including phenoxy) is 1. The van der Waals surface area contributed by atoms with E-state index < -0.39 is 11.9 Å². The second-order valence-electron chi connectivity index (χ2n) is 6.12. The van der Waals surface area contributed by atoms with Crippen molar-refractivity contribution in [1.82, 2.24) is 0 Å². The van der Waals surface area contributed by atoms with Gasteiger partial charge in [-0.1, -0.05) is 6.07 Å². The van der Waals surface area contributed by atoms with Gasteiger partial charge in [0, 0.05) is 17.7 Å². The number of carboxylic acids is 1. The second kappa shape index (κ2) is 7.34. The molecule has 6 heteroatoms. The number of amides is 1. The number of carbonyl (C=O) groups is 2. The lowest BCUT2D eigenvalue weighted by Crippen LogP contribution is -2.21. The van der Waals surface area contributed by atoms with E-state index in [1.165, 1.54) is 12.1 Å². The van der Waals surface area contributed by atoms with E-state index in [0.29, 0.717) is 36.4 Å². The molecule has 2 aromatic rings. The van der Waals surface area contributed by atoms with Crippen molar-refractivity contribution in [2.75, 3.05) is 5.32 Å². The molecule has 0 unspecified atom stereocenters. The predicted molar refractivity (Wildman–Crippen MR) is 90.0 cm³/mol. The zero-order chi connectivity index (χ0) is 17.8. The van der Waals surface area contributed by atoms with Crippen molar-refractivity contribution in [3.63, 3.8) is 0 Å². The maximum absolute atomic E-state index is 13.1. The first kappa shape index (κ1) is 17.0. The summed E-state index contributed by atoms with van der Waals surface area (Å²) >= 11 is 0. The van der Waals surface area contributed by atoms with Crippen molar-refractivity contribution in [2.24, 2.45) is 11.8 Å². The number of halogens is 1. The van der Waals surface area contributed by atoms with Gasteiger partial charge in [-0.3, -0.25) is 9.59 Å². The van der Waals surface area contributed by atoms with Crippen LogP contribution < -0.4 is 10.1 Å². The highest BCUT2D eigenvalue weighted by Gasteiger charge is 2.33. The van der Waals surface area contributed by atoms with E-state index >= 15 is 0 Å². The molecule has 3 rings (SSSR count). The maximum atomic E-state index is 13.1. The Morgan fingerprint density at radius 3 is 2.40 bits per heavy atom. The van der Waals surface area contributed by atoms with Gasteiger partial charge in [-0.2, -0.15) is 0 Å². The SMILES string of the molecule is O=C(O)[C@@H]1CC[C@H](C(=O)Nc2ccc(Oc3cccc(F)c3)cc2)C1. The van der Waals surface area contributed by atoms with E-state index in [1.807, 2.05) is 0 Å². The first-order chi connectivity index (χ1) is 12.0. The highest BCUT2D eigenvalue weighted by molar-refractivity contribution is 5.93. The molecule has 0 radical (unpaired) electrons. The normalized spacial score (nSPS) is 19.4. The molecule has 25 heavy (non-hydrogen) atoms. The largest absolute Gasteiger partial charge is 0.481 e. The number of hydrogen-bond acceptors (Lipinski definition) is 3. The first-order valence-corrected chi connectivity index (χ1v) is 8.08. The third-order valence-corrected chi connectivity index (χ3v) is 4.31. The Balaban J connectivity index is 1.57. The number of nitrogens with one attached hydrogen (secondary N) is 1. The molecule has 1 saturated carbocycles. The standard InChI is InChI=1S/C19H18FNO4/c20-14-2-1-3-17(11-14)25-16-8-6-15(7-9-16)21-18(22)12-4-5-13(10-12)19(23)24/h1-3,6-9,11-13H,4-5,10H2,(H,21,22)(H,23,24)/t12-,13+/m0/s1. The summed E-state index contributed by atoms with van der Waals surface area (Å²) in [6, 6.07) is 12.6. The molecule has 1 aliphatic carbocycles. The van der Waals surface area contributed by atoms with Crippen LogP contribution in [0.3, 0.4) is 0 Å². The summed E-state index contributed by atoms with van der Waals surface area (Å²) in [6.07, 6.45) is 1.50. The van der Waals surface area contributed by atoms with Gasteiger partial charge in [0.2, 0.25) is 5.91 Å². The third kappa shape index (κ3) is 4.35. The molecule has 1 fully saturated rings. The molecule has 5 nitrogen and oxygen atoms in total. The first-order valence-electron chi connectivity index (χ1n) is 8.08. The molecule has 2 N–H and O–H groups in total. The topological polar surface area (TPSA) is 75.6 Å². The fourth-order valence-electron chi connectivity index (χ4n) is 2.96. The summed E-state index contributed by atoms with van der Waals surface area (Å²) in [4.78, 5) is 23.2. The van der Waals surface area contributed by atoms with Gasteiger partial charge in [0.15, 0.2) is 0 Å². The zero-order valence-electron chi connectivity index (χ0n) is 13.4. The Kier molecular flexibility index (Phi) is 4.97. The molecule has 2 atom stereocenters. The molecule has 2 aromatic carbocycles. The summed E-state index contributed by atoms with van der Waals surface area (Å²) in [5, 5.41) is 11.8. The maximum Gasteiger partial charge on any atom is 0.306 e. The molecule has 0 saturated heterocycles. The molecular formula is C19H18FNO4. The average molecular weight is 343 g/mol. The lowest BCUT2D eigenvalue weighted by Gasteiger charge is -2.11. The molecule has 1 aliphatic rings. The van der Waals surface area contributed by atoms with Crippen molar-refractivity contribution in [3.8, 4) is 11.5 Å². The molecule has 0 heterocycles. The Bertz CT molecular complexity index is 775. The van der Waals surface area contributed by atoms with Crippen LogP contribution in [0.4, 0.5) is 10.1 Å². The van der Waals surface area contributed by atoms with E-state index in [1.54, 1.807) is 36.4 Å². The zero-order valence-corrected chi connectivity index (χ0v) is 13.4. The summed E-state index contributed by atoms with van der Waals surface area (Å²) in [7, 11) is 0. The number of anilines is 1. The van der Waals surface area contributed by atoms with Crippen molar-refractivity contribution in [1.29, 1.82) is 0 Å². The minimum Gasteiger partial charge on any atom is -0.481 e. The van der Waals surface area contributed by atoms with Crippen molar-refractivity contribution < 1.29 is 23.8 Å². The van der Waals surface area contributed by atoms with Crippen LogP contribution in [0, 0.1) is 17.7 Å². The van der Waals surface area contributed by atoms with E-state index in [4.69, 9.17) is 9.84 Å². The molecule has 0 bridgehead atoms. The van der Waals surface area contributed by atoms with Gasteiger partial charge in [-0.25, -0.2) is 4.39 Å². The number of carboxylic acid groups (broad SMARTS) is 1. The smallest absolute Gasteiger partial charge is 0.306 e. The molecule has 0 spiro atoms. The molecule has 0 aromatic heterocycles. The van der Waals surface area contributed by atoms with Gasteiger partial charge < -0.3 is 15.2 Å². The molecule has 130 valence electrons. The minimum atomic E-state index is -0.839. The molecular weight excluding hydrogens is 325 g/mol. The van der Waals surface area contributed by atoms with Crippen LogP contribution in [0.1, 0.15) is 19.3 Å². The minimum absolute atomic E-state index is 0.164. The van der Waals surface area contributed by atoms with Gasteiger partial charge >= 0.3 is 5.97 Å². The summed E-state index contributed by atoms with van der Waals surface area (Å²) in [6.45, 7) is 0. The fourth-order valence-corrected chi connectivity index (χ4v) is 2.96. The van der Waals surface area contributed by atoms with Crippen molar-refractivity contribution in [3.05, 3.63) is 54.3 Å². The van der Waals surface area contributed by atoms with Crippen LogP contribution in [-0.2, 0) is 9.59 Å². The van der Waals surface area contributed by atoms with E-state index in [0.717, 1.165) is 0 Å². The number of carbonyl (C=O) groups excluding carboxylic acids is 1. The summed E-state index contributed by atoms with van der Waals surface area (Å²) < 4.78 is 18.7. The predicted octanol–water partition coefficient (Wildman–Crippen LogP) is 4.06. The van der Waals surface area contributed by atoms with Gasteiger partial charge in [0.1, 0.15) is 17.3 Å². The van der Waals surface area contributed by atoms with E-state index in [9.17, 15) is 14.0 Å². The van der Waals surface area contributed by atoms with Gasteiger partial charge in [-0.05, 0) is 55.7 Å². The second-order valence-corrected chi connectivity index (χ2v) is 6.12. The molecule has 1 amide bonds. The fraction of sp³-hybridized carbons (Fsp3) is 0.263. The van der Waals surface area contributed by atoms with E-state index in [2.05, 4.69) is 5.32 Å². The van der Waals surface area contributed by atoms with Crippen LogP contribution >= 0.6 is 0 Å². The number of rotatable bonds is 5. The Morgan fingerprint density at radius 1 is 1.04 bits per heavy atom. The van der Waals surface area contributed by atoms with Gasteiger partial charge in [0.25, 0.3) is 0 Å². The number of hydrogen-bond donors (Lipinski definition) is 2. The average Bonchev–Trinajstić information content (AvgIpc) is 3.07. The van der Waals surface area contributed by atoms with Crippen LogP contribution in [-0.4, -0.2) is 17.0 Å². The lowest BCUT2D eigenvalue weighted by molar-refractivity contribution is -0.141. The summed E-state index contributed by atoms with van der Waals surface area (Å²) in [5.41, 5.74) is 0.607. The van der Waals surface area contributed by atoms with Crippen molar-refractivity contribution in [2.45, 2.75) is 19.3 Å². The van der Waals surface area contributed by atoms with Crippen LogP contribution in [0.2, 0.25) is 0 Å². The van der Waals surface area contributed by atoms with Crippen LogP contribution in [0.5, 0.6) is 11.5 Å². The lowest BCUT2D eigenvalue weighted by atomic mass is 10.0. The monoisotopic (exact) mass is 343 g/mol. The highest BCUT2D eigenvalue weighted by Crippen LogP contribution is 2.32. The van der Waals surface area contributed by atoms with Gasteiger partial charge in [0.05, 0.1) is 5.92 Å². The van der Waals surface area contributed by atoms with Crippen LogP contribution in [0.25, 0.3) is 0 Å². The van der Waals surface area contributed by atoms with Gasteiger partial charge in [-0.15, -0.1) is 0 Å². The Morgan fingerprint density at radius 2 is 1.76 bits per heavy atom. The number of benzene rings is 2. The van der Waals surface area contributed by atoms with E-state index in [-0.39, 0.29) is 17.6 Å². The molecule has 0 aliphatic heterocycles. The number of aliphatic carboxylic acids is 1. The Hall–Kier alpha value is -2.89. The van der Waals surface area contributed by atoms with Crippen LogP contribution in [0.15, 0.2) is 48.5 Å².